The summed E-state index contributed by atoms with van der Waals surface area (Å²) in [5, 5.41) is 0. The highest BCUT2D eigenvalue weighted by Gasteiger charge is 2.09. The Labute approximate surface area is 134 Å². The minimum Gasteiger partial charge on any atom is -0.429 e. The number of rotatable bonds is 4. The quantitative estimate of drug-likeness (QED) is 0.664. The van der Waals surface area contributed by atoms with Crippen molar-refractivity contribution in [2.75, 3.05) is 11.9 Å². The molecule has 106 valence electrons. The van der Waals surface area contributed by atoms with E-state index in [9.17, 15) is 0 Å². The van der Waals surface area contributed by atoms with Crippen molar-refractivity contribution in [1.82, 2.24) is 0 Å². The van der Waals surface area contributed by atoms with Crippen LogP contribution in [0.4, 0.5) is 5.69 Å². The van der Waals surface area contributed by atoms with Crippen molar-refractivity contribution in [3.63, 3.8) is 0 Å². The van der Waals surface area contributed by atoms with Gasteiger partial charge in [0.05, 0.1) is 7.74 Å². The Morgan fingerprint density at radius 2 is 1.27 bits per heavy atom. The first-order valence-electron chi connectivity index (χ1n) is 7.75. The topological polar surface area (TPSA) is 3.24 Å². The van der Waals surface area contributed by atoms with Gasteiger partial charge in [0.2, 0.25) is 0 Å². The van der Waals surface area contributed by atoms with Gasteiger partial charge in [0.1, 0.15) is 0 Å². The van der Waals surface area contributed by atoms with Crippen LogP contribution in [-0.4, -0.2) is 22.1 Å². The molecule has 3 heteroatoms. The van der Waals surface area contributed by atoms with Crippen molar-refractivity contribution >= 4 is 20.7 Å². The van der Waals surface area contributed by atoms with Gasteiger partial charge in [-0.25, -0.2) is 0 Å². The van der Waals surface area contributed by atoms with E-state index in [2.05, 4.69) is 98.5 Å². The van der Waals surface area contributed by atoms with E-state index in [1.54, 1.807) is 0 Å². The Balaban J connectivity index is 2.18. The van der Waals surface area contributed by atoms with E-state index in [0.29, 0.717) is 0 Å². The number of hydrogen-bond acceptors (Lipinski definition) is 1. The smallest absolute Gasteiger partial charge is 0.191 e. The fraction of sp³-hybridized carbons (Fsp3) is 0.0526. The van der Waals surface area contributed by atoms with Crippen LogP contribution in [0.15, 0.2) is 78.9 Å². The summed E-state index contributed by atoms with van der Waals surface area (Å²) in [6, 6.07) is 27.9. The molecule has 0 fully saturated rings. The van der Waals surface area contributed by atoms with Crippen molar-refractivity contribution in [2.45, 2.75) is 0 Å². The molecule has 0 aliphatic carbocycles. The van der Waals surface area contributed by atoms with Crippen LogP contribution in [0.1, 0.15) is 0 Å². The van der Waals surface area contributed by atoms with Gasteiger partial charge in [-0.2, -0.15) is 0 Å². The summed E-state index contributed by atoms with van der Waals surface area (Å²) < 4.78 is 0. The number of anilines is 1. The highest BCUT2D eigenvalue weighted by Crippen LogP contribution is 2.34. The molecule has 0 aromatic heterocycles. The van der Waals surface area contributed by atoms with Gasteiger partial charge >= 0.3 is 0 Å². The molecule has 0 radical (unpaired) electrons. The number of nitrogens with zero attached hydrogens (tertiary/aromatic N) is 1. The van der Waals surface area contributed by atoms with Crippen LogP contribution in [0, 0.1) is 0 Å². The first kappa shape index (κ1) is 14.5. The first-order valence-corrected chi connectivity index (χ1v) is 7.75. The Kier molecular flexibility index (Phi) is 4.34. The lowest BCUT2D eigenvalue weighted by atomic mass is 9.65. The summed E-state index contributed by atoms with van der Waals surface area (Å²) >= 11 is 0. The zero-order valence-electron chi connectivity index (χ0n) is 13.2. The van der Waals surface area contributed by atoms with Gasteiger partial charge in [-0.05, 0) is 41.4 Å². The minimum absolute atomic E-state index is 0.999. The molecule has 0 amide bonds. The van der Waals surface area contributed by atoms with Gasteiger partial charge in [-0.1, -0.05) is 66.7 Å². The predicted molar refractivity (Wildman–Crippen MR) is 101 cm³/mol. The van der Waals surface area contributed by atoms with E-state index < -0.39 is 0 Å². The van der Waals surface area contributed by atoms with Crippen molar-refractivity contribution < 1.29 is 0 Å². The lowest BCUT2D eigenvalue weighted by molar-refractivity contribution is 1.34. The molecule has 0 spiro atoms. The van der Waals surface area contributed by atoms with Crippen molar-refractivity contribution in [1.29, 1.82) is 0 Å². The summed E-state index contributed by atoms with van der Waals surface area (Å²) in [4.78, 5) is 2.27. The van der Waals surface area contributed by atoms with Gasteiger partial charge in [0, 0.05) is 5.69 Å². The molecule has 0 unspecified atom stereocenters. The average molecular weight is 283 g/mol. The van der Waals surface area contributed by atoms with Gasteiger partial charge in [-0.3, -0.25) is 0 Å². The molecular weight excluding hydrogens is 264 g/mol. The van der Waals surface area contributed by atoms with E-state index >= 15 is 0 Å². The van der Waals surface area contributed by atoms with Crippen molar-refractivity contribution in [3.05, 3.63) is 78.9 Å². The Hall–Kier alpha value is -2.41. The minimum atomic E-state index is 0.999. The molecule has 0 N–H and O–H groups in total. The van der Waals surface area contributed by atoms with Crippen LogP contribution in [0.5, 0.6) is 0 Å². The lowest BCUT2D eigenvalue weighted by Gasteiger charge is -2.20. The Morgan fingerprint density at radius 1 is 0.727 bits per heavy atom. The average Bonchev–Trinajstić information content (AvgIpc) is 2.62. The maximum Gasteiger partial charge on any atom is 0.191 e. The molecule has 0 saturated heterocycles. The molecular formula is C19H19B2N. The second-order valence-electron chi connectivity index (χ2n) is 5.48. The normalized spacial score (nSPS) is 10.2. The summed E-state index contributed by atoms with van der Waals surface area (Å²) in [6.45, 7) is 0. The predicted octanol–water partition coefficient (Wildman–Crippen LogP) is 3.36. The molecule has 3 aromatic rings. The summed E-state index contributed by atoms with van der Waals surface area (Å²) in [6.07, 6.45) is 0. The molecule has 0 aliphatic rings. The molecule has 22 heavy (non-hydrogen) atoms. The lowest BCUT2D eigenvalue weighted by Crippen LogP contribution is -2.22. The van der Waals surface area contributed by atoms with E-state index in [0.717, 1.165) is 7.31 Å². The Bertz CT molecular complexity index is 742. The third-order valence-corrected chi connectivity index (χ3v) is 4.09. The van der Waals surface area contributed by atoms with Gasteiger partial charge < -0.3 is 4.81 Å². The van der Waals surface area contributed by atoms with Crippen LogP contribution < -0.4 is 4.81 Å². The van der Waals surface area contributed by atoms with Gasteiger partial charge in [0.25, 0.3) is 0 Å². The molecule has 0 atom stereocenters. The standard InChI is InChI=1S/C19H19B2N/c1-22(21-20)17-12-13-18(15-8-4-2-5-9-15)19(14-17)16-10-6-3-7-11-16/h2-14,21H,20H2,1H3. The molecule has 1 nitrogen and oxygen atoms in total. The Morgan fingerprint density at radius 3 is 1.82 bits per heavy atom. The summed E-state index contributed by atoms with van der Waals surface area (Å²) in [7, 11) is 5.30. The van der Waals surface area contributed by atoms with Crippen LogP contribution >= 0.6 is 0 Å². The van der Waals surface area contributed by atoms with Gasteiger partial charge in [-0.15, -0.1) is 0 Å². The second-order valence-corrected chi connectivity index (χ2v) is 5.48. The van der Waals surface area contributed by atoms with Crippen LogP contribution in [-0.2, 0) is 0 Å². The number of hydrogen-bond donors (Lipinski definition) is 0. The zero-order chi connectivity index (χ0) is 15.4. The van der Waals surface area contributed by atoms with E-state index in [1.807, 2.05) is 0 Å². The van der Waals surface area contributed by atoms with Crippen LogP contribution in [0.2, 0.25) is 0 Å². The largest absolute Gasteiger partial charge is 0.429 e. The molecule has 3 aromatic carbocycles. The summed E-state index contributed by atoms with van der Waals surface area (Å²) in [5.41, 5.74) is 6.32. The maximum absolute atomic E-state index is 2.29. The number of benzene rings is 3. The SMILES string of the molecule is BBN(C)c1ccc(-c2ccccc2)c(-c2ccccc2)c1. The van der Waals surface area contributed by atoms with E-state index in [4.69, 9.17) is 0 Å². The monoisotopic (exact) mass is 283 g/mol. The molecule has 3 rings (SSSR count). The molecule has 0 heterocycles. The molecule has 0 aliphatic heterocycles. The fourth-order valence-electron chi connectivity index (χ4n) is 2.68. The fourth-order valence-corrected chi connectivity index (χ4v) is 2.68. The van der Waals surface area contributed by atoms with Crippen LogP contribution in [0.25, 0.3) is 22.3 Å². The first-order chi connectivity index (χ1) is 10.8. The highest BCUT2D eigenvalue weighted by molar-refractivity contribution is 6.91. The zero-order valence-corrected chi connectivity index (χ0v) is 13.2. The molecule has 0 saturated carbocycles. The highest BCUT2D eigenvalue weighted by atomic mass is 15.0. The van der Waals surface area contributed by atoms with E-state index in [-0.39, 0.29) is 0 Å². The van der Waals surface area contributed by atoms with Crippen molar-refractivity contribution in [3.8, 4) is 22.3 Å². The maximum atomic E-state index is 2.29. The third kappa shape index (κ3) is 2.94. The molecule has 0 bridgehead atoms. The van der Waals surface area contributed by atoms with Crippen LogP contribution in [0.3, 0.4) is 0 Å². The third-order valence-electron chi connectivity index (χ3n) is 4.09. The van der Waals surface area contributed by atoms with E-state index in [1.165, 1.54) is 27.9 Å². The second kappa shape index (κ2) is 6.57. The van der Waals surface area contributed by atoms with Crippen molar-refractivity contribution in [2.24, 2.45) is 0 Å². The summed E-state index contributed by atoms with van der Waals surface area (Å²) in [5.74, 6) is 0. The van der Waals surface area contributed by atoms with Gasteiger partial charge in [0.15, 0.2) is 7.31 Å².